The molecular weight excluding hydrogens is 278 g/mol. The summed E-state index contributed by atoms with van der Waals surface area (Å²) >= 11 is 6.11. The van der Waals surface area contributed by atoms with Crippen molar-refractivity contribution in [3.63, 3.8) is 0 Å². The zero-order valence-electron chi connectivity index (χ0n) is 11.9. The smallest absolute Gasteiger partial charge is 0.255 e. The normalized spacial score (nSPS) is 18.9. The van der Waals surface area contributed by atoms with E-state index in [0.717, 1.165) is 25.9 Å². The topological polar surface area (TPSA) is 54.5 Å². The third-order valence-corrected chi connectivity index (χ3v) is 3.74. The molecule has 20 heavy (non-hydrogen) atoms. The van der Waals surface area contributed by atoms with Crippen LogP contribution in [0.1, 0.15) is 30.1 Å². The van der Waals surface area contributed by atoms with Gasteiger partial charge in [0.2, 0.25) is 0 Å². The third kappa shape index (κ3) is 3.41. The molecule has 1 amide bonds. The fourth-order valence-electron chi connectivity index (χ4n) is 2.37. The van der Waals surface area contributed by atoms with E-state index >= 15 is 0 Å². The molecule has 1 saturated heterocycles. The first kappa shape index (κ1) is 15.1. The van der Waals surface area contributed by atoms with Gasteiger partial charge in [-0.1, -0.05) is 11.6 Å². The first-order valence-electron chi connectivity index (χ1n) is 6.87. The van der Waals surface area contributed by atoms with E-state index < -0.39 is 0 Å². The van der Waals surface area contributed by atoms with Gasteiger partial charge in [0.15, 0.2) is 0 Å². The molecule has 1 fully saturated rings. The molecule has 2 rings (SSSR count). The van der Waals surface area contributed by atoms with E-state index in [1.54, 1.807) is 18.1 Å². The van der Waals surface area contributed by atoms with E-state index in [2.05, 4.69) is 10.3 Å². The van der Waals surface area contributed by atoms with Crippen molar-refractivity contribution in [1.29, 1.82) is 0 Å². The van der Waals surface area contributed by atoms with E-state index in [1.807, 2.05) is 6.92 Å². The van der Waals surface area contributed by atoms with Gasteiger partial charge in [-0.15, -0.1) is 0 Å². The SMILES string of the molecule is CCNc1cc(C(=O)N2CCCC(OC)C2)c(Cl)cn1. The highest BCUT2D eigenvalue weighted by molar-refractivity contribution is 6.33. The van der Waals surface area contributed by atoms with Crippen LogP contribution in [-0.2, 0) is 4.74 Å². The van der Waals surface area contributed by atoms with Crippen LogP contribution in [0.25, 0.3) is 0 Å². The summed E-state index contributed by atoms with van der Waals surface area (Å²) in [5, 5.41) is 3.47. The zero-order chi connectivity index (χ0) is 14.5. The number of piperidine rings is 1. The van der Waals surface area contributed by atoms with Crippen LogP contribution in [0, 0.1) is 0 Å². The Morgan fingerprint density at radius 1 is 1.65 bits per heavy atom. The molecular formula is C14H20ClN3O2. The summed E-state index contributed by atoms with van der Waals surface area (Å²) in [7, 11) is 1.68. The lowest BCUT2D eigenvalue weighted by Gasteiger charge is -2.32. The van der Waals surface area contributed by atoms with Crippen molar-refractivity contribution in [3.8, 4) is 0 Å². The Morgan fingerprint density at radius 2 is 2.45 bits per heavy atom. The fraction of sp³-hybridized carbons (Fsp3) is 0.571. The van der Waals surface area contributed by atoms with E-state index in [1.165, 1.54) is 6.20 Å². The van der Waals surface area contributed by atoms with Crippen LogP contribution in [0.4, 0.5) is 5.82 Å². The van der Waals surface area contributed by atoms with Crippen LogP contribution in [0.2, 0.25) is 5.02 Å². The number of halogens is 1. The van der Waals surface area contributed by atoms with Crippen LogP contribution in [0.5, 0.6) is 0 Å². The molecule has 1 N–H and O–H groups in total. The number of amides is 1. The lowest BCUT2D eigenvalue weighted by atomic mass is 10.1. The summed E-state index contributed by atoms with van der Waals surface area (Å²) < 4.78 is 5.35. The predicted octanol–water partition coefficient (Wildman–Crippen LogP) is 2.42. The Morgan fingerprint density at radius 3 is 3.15 bits per heavy atom. The monoisotopic (exact) mass is 297 g/mol. The van der Waals surface area contributed by atoms with Gasteiger partial charge in [0.05, 0.1) is 16.7 Å². The Balaban J connectivity index is 2.17. The van der Waals surface area contributed by atoms with E-state index in [0.29, 0.717) is 22.9 Å². The molecule has 0 bridgehead atoms. The van der Waals surface area contributed by atoms with Gasteiger partial charge in [-0.2, -0.15) is 0 Å². The molecule has 2 heterocycles. The number of rotatable bonds is 4. The number of methoxy groups -OCH3 is 1. The Kier molecular flexibility index (Phi) is 5.20. The van der Waals surface area contributed by atoms with Crippen LogP contribution in [-0.4, -0.2) is 48.6 Å². The van der Waals surface area contributed by atoms with Crippen molar-refractivity contribution in [2.24, 2.45) is 0 Å². The van der Waals surface area contributed by atoms with Crippen molar-refractivity contribution in [3.05, 3.63) is 22.8 Å². The van der Waals surface area contributed by atoms with E-state index in [4.69, 9.17) is 16.3 Å². The minimum absolute atomic E-state index is 0.0571. The maximum atomic E-state index is 12.6. The molecule has 1 unspecified atom stereocenters. The second kappa shape index (κ2) is 6.90. The van der Waals surface area contributed by atoms with Crippen molar-refractivity contribution in [2.75, 3.05) is 32.1 Å². The van der Waals surface area contributed by atoms with Gasteiger partial charge < -0.3 is 15.0 Å². The van der Waals surface area contributed by atoms with Crippen molar-refractivity contribution >= 4 is 23.3 Å². The lowest BCUT2D eigenvalue weighted by Crippen LogP contribution is -2.43. The molecule has 1 aliphatic heterocycles. The predicted molar refractivity (Wildman–Crippen MR) is 79.3 cm³/mol. The molecule has 0 spiro atoms. The first-order valence-corrected chi connectivity index (χ1v) is 7.25. The molecule has 1 aromatic heterocycles. The highest BCUT2D eigenvalue weighted by atomic mass is 35.5. The van der Waals surface area contributed by atoms with Crippen LogP contribution < -0.4 is 5.32 Å². The summed E-state index contributed by atoms with van der Waals surface area (Å²) in [6, 6.07) is 1.71. The van der Waals surface area contributed by atoms with Crippen molar-refractivity contribution < 1.29 is 9.53 Å². The number of carbonyl (C=O) groups is 1. The standard InChI is InChI=1S/C14H20ClN3O2/c1-3-16-13-7-11(12(15)8-17-13)14(19)18-6-4-5-10(9-18)20-2/h7-8,10H,3-6,9H2,1-2H3,(H,16,17). The Hall–Kier alpha value is -1.33. The number of likely N-dealkylation sites (tertiary alicyclic amines) is 1. The summed E-state index contributed by atoms with van der Waals surface area (Å²) in [6.45, 7) is 4.09. The van der Waals surface area contributed by atoms with Crippen molar-refractivity contribution in [1.82, 2.24) is 9.88 Å². The Bertz CT molecular complexity index is 481. The van der Waals surface area contributed by atoms with Gasteiger partial charge in [0.1, 0.15) is 5.82 Å². The van der Waals surface area contributed by atoms with Crippen LogP contribution in [0.3, 0.4) is 0 Å². The average molecular weight is 298 g/mol. The number of pyridine rings is 1. The number of anilines is 1. The summed E-state index contributed by atoms with van der Waals surface area (Å²) in [5.41, 5.74) is 0.495. The third-order valence-electron chi connectivity index (χ3n) is 3.44. The quantitative estimate of drug-likeness (QED) is 0.927. The summed E-state index contributed by atoms with van der Waals surface area (Å²) in [5.74, 6) is 0.610. The largest absolute Gasteiger partial charge is 0.380 e. The molecule has 0 aliphatic carbocycles. The fourth-order valence-corrected chi connectivity index (χ4v) is 2.55. The van der Waals surface area contributed by atoms with Gasteiger partial charge in [-0.05, 0) is 25.8 Å². The zero-order valence-corrected chi connectivity index (χ0v) is 12.6. The highest BCUT2D eigenvalue weighted by Crippen LogP contribution is 2.22. The van der Waals surface area contributed by atoms with Gasteiger partial charge in [-0.3, -0.25) is 4.79 Å². The van der Waals surface area contributed by atoms with Crippen LogP contribution in [0.15, 0.2) is 12.3 Å². The summed E-state index contributed by atoms with van der Waals surface area (Å²) in [6.07, 6.45) is 3.58. The van der Waals surface area contributed by atoms with E-state index in [-0.39, 0.29) is 12.0 Å². The first-order chi connectivity index (χ1) is 9.65. The number of carbonyl (C=O) groups excluding carboxylic acids is 1. The number of hydrogen-bond acceptors (Lipinski definition) is 4. The number of nitrogens with one attached hydrogen (secondary N) is 1. The lowest BCUT2D eigenvalue weighted by molar-refractivity contribution is 0.0269. The molecule has 1 aliphatic rings. The second-order valence-corrected chi connectivity index (χ2v) is 5.24. The van der Waals surface area contributed by atoms with Gasteiger partial charge in [-0.25, -0.2) is 4.98 Å². The number of hydrogen-bond donors (Lipinski definition) is 1. The highest BCUT2D eigenvalue weighted by Gasteiger charge is 2.25. The summed E-state index contributed by atoms with van der Waals surface area (Å²) in [4.78, 5) is 18.5. The van der Waals surface area contributed by atoms with Gasteiger partial charge in [0.25, 0.3) is 5.91 Å². The van der Waals surface area contributed by atoms with E-state index in [9.17, 15) is 4.79 Å². The molecule has 1 atom stereocenters. The maximum absolute atomic E-state index is 12.6. The van der Waals surface area contributed by atoms with Crippen molar-refractivity contribution in [2.45, 2.75) is 25.9 Å². The number of ether oxygens (including phenoxy) is 1. The molecule has 0 saturated carbocycles. The number of nitrogens with zero attached hydrogens (tertiary/aromatic N) is 2. The minimum atomic E-state index is -0.0571. The molecule has 0 radical (unpaired) electrons. The van der Waals surface area contributed by atoms with Gasteiger partial charge >= 0.3 is 0 Å². The molecule has 110 valence electrons. The molecule has 0 aromatic carbocycles. The minimum Gasteiger partial charge on any atom is -0.380 e. The molecule has 5 nitrogen and oxygen atoms in total. The van der Waals surface area contributed by atoms with Crippen LogP contribution >= 0.6 is 11.6 Å². The number of aromatic nitrogens is 1. The van der Waals surface area contributed by atoms with Gasteiger partial charge in [0, 0.05) is 32.9 Å². The second-order valence-electron chi connectivity index (χ2n) is 4.83. The maximum Gasteiger partial charge on any atom is 0.255 e. The Labute approximate surface area is 124 Å². The average Bonchev–Trinajstić information content (AvgIpc) is 2.49. The molecule has 1 aromatic rings. The molecule has 6 heteroatoms.